The van der Waals surface area contributed by atoms with Crippen LogP contribution >= 0.6 is 0 Å². The molecular weight excluding hydrogens is 456 g/mol. The smallest absolute Gasteiger partial charge is 0.254 e. The topological polar surface area (TPSA) is 61.0 Å². The Morgan fingerprint density at radius 2 is 1.62 bits per heavy atom. The minimum Gasteiger partial charge on any atom is -0.329 e. The van der Waals surface area contributed by atoms with E-state index in [4.69, 9.17) is 0 Å². The van der Waals surface area contributed by atoms with Crippen molar-refractivity contribution in [2.75, 3.05) is 19.6 Å². The number of aromatic nitrogens is 2. The fraction of sp³-hybridized carbons (Fsp3) is 0.125. The molecule has 1 aliphatic rings. The lowest BCUT2D eigenvalue weighted by atomic mass is 10.00. The largest absolute Gasteiger partial charge is 0.329 e. The normalized spacial score (nSPS) is 15.2. The quantitative estimate of drug-likeness (QED) is 0.338. The molecule has 2 N–H and O–H groups in total. The maximum absolute atomic E-state index is 13.7. The highest BCUT2D eigenvalue weighted by Gasteiger charge is 2.28. The molecule has 37 heavy (non-hydrogen) atoms. The van der Waals surface area contributed by atoms with Crippen LogP contribution in [0.15, 0.2) is 103 Å². The number of benzene rings is 4. The molecule has 180 valence electrons. The van der Waals surface area contributed by atoms with Gasteiger partial charge < -0.3 is 10.2 Å². The number of H-pyrrole nitrogens is 1. The SMILES string of the molecule is O=C(c1ccc2[nH]nc(C#Cc3ccccc3-c3ccccc3)c2c1)N1CCNCC1c1ccccc1. The van der Waals surface area contributed by atoms with Gasteiger partial charge in [-0.15, -0.1) is 0 Å². The molecule has 1 aliphatic heterocycles. The fourth-order valence-electron chi connectivity index (χ4n) is 4.92. The molecule has 5 heteroatoms. The van der Waals surface area contributed by atoms with Gasteiger partial charge in [0.05, 0.1) is 11.6 Å². The third-order valence-corrected chi connectivity index (χ3v) is 6.83. The van der Waals surface area contributed by atoms with Gasteiger partial charge >= 0.3 is 0 Å². The van der Waals surface area contributed by atoms with Crippen LogP contribution in [0.3, 0.4) is 0 Å². The first kappa shape index (κ1) is 22.8. The molecule has 6 rings (SSSR count). The number of hydrogen-bond donors (Lipinski definition) is 2. The van der Waals surface area contributed by atoms with Gasteiger partial charge in [0.25, 0.3) is 5.91 Å². The summed E-state index contributed by atoms with van der Waals surface area (Å²) in [6.45, 7) is 2.17. The van der Waals surface area contributed by atoms with Crippen molar-refractivity contribution in [1.82, 2.24) is 20.4 Å². The van der Waals surface area contributed by atoms with Crippen LogP contribution in [0.25, 0.3) is 22.0 Å². The second-order valence-electron chi connectivity index (χ2n) is 9.12. The summed E-state index contributed by atoms with van der Waals surface area (Å²) in [4.78, 5) is 15.6. The van der Waals surface area contributed by atoms with Crippen molar-refractivity contribution in [3.63, 3.8) is 0 Å². The van der Waals surface area contributed by atoms with Crippen molar-refractivity contribution in [3.8, 4) is 23.0 Å². The Labute approximate surface area is 216 Å². The number of nitrogens with one attached hydrogen (secondary N) is 2. The van der Waals surface area contributed by atoms with Crippen LogP contribution < -0.4 is 5.32 Å². The molecule has 0 saturated carbocycles. The van der Waals surface area contributed by atoms with Crippen LogP contribution in [0.1, 0.15) is 33.2 Å². The van der Waals surface area contributed by atoms with E-state index < -0.39 is 0 Å². The predicted octanol–water partition coefficient (Wildman–Crippen LogP) is 5.42. The van der Waals surface area contributed by atoms with E-state index in [-0.39, 0.29) is 11.9 Å². The number of amides is 1. The highest BCUT2D eigenvalue weighted by Crippen LogP contribution is 2.26. The summed E-state index contributed by atoms with van der Waals surface area (Å²) in [5.74, 6) is 6.58. The summed E-state index contributed by atoms with van der Waals surface area (Å²) in [6, 6.07) is 34.2. The van der Waals surface area contributed by atoms with E-state index in [2.05, 4.69) is 57.7 Å². The van der Waals surface area contributed by atoms with Crippen LogP contribution in [0.5, 0.6) is 0 Å². The van der Waals surface area contributed by atoms with Crippen molar-refractivity contribution in [1.29, 1.82) is 0 Å². The molecule has 0 bridgehead atoms. The van der Waals surface area contributed by atoms with Gasteiger partial charge in [-0.25, -0.2) is 0 Å². The first-order valence-electron chi connectivity index (χ1n) is 12.5. The zero-order chi connectivity index (χ0) is 25.0. The maximum Gasteiger partial charge on any atom is 0.254 e. The van der Waals surface area contributed by atoms with Crippen LogP contribution in [-0.2, 0) is 0 Å². The van der Waals surface area contributed by atoms with Gasteiger partial charge in [0, 0.05) is 36.1 Å². The molecule has 1 amide bonds. The van der Waals surface area contributed by atoms with E-state index in [1.54, 1.807) is 0 Å². The lowest BCUT2D eigenvalue weighted by molar-refractivity contribution is 0.0634. The number of hydrogen-bond acceptors (Lipinski definition) is 3. The summed E-state index contributed by atoms with van der Waals surface area (Å²) in [5, 5.41) is 11.8. The Bertz CT molecular complexity index is 1610. The van der Waals surface area contributed by atoms with Gasteiger partial charge in [0.15, 0.2) is 0 Å². The Hall–Kier alpha value is -4.66. The lowest BCUT2D eigenvalue weighted by Crippen LogP contribution is -2.48. The molecule has 5 nitrogen and oxygen atoms in total. The molecule has 1 fully saturated rings. The zero-order valence-corrected chi connectivity index (χ0v) is 20.3. The van der Waals surface area contributed by atoms with Crippen LogP contribution in [-0.4, -0.2) is 40.6 Å². The average molecular weight is 483 g/mol. The Kier molecular flexibility index (Phi) is 6.24. The number of fused-ring (bicyclic) bond motifs is 1. The second kappa shape index (κ2) is 10.1. The molecule has 0 aliphatic carbocycles. The number of nitrogens with zero attached hydrogens (tertiary/aromatic N) is 2. The van der Waals surface area contributed by atoms with Gasteiger partial charge in [-0.1, -0.05) is 84.8 Å². The zero-order valence-electron chi connectivity index (χ0n) is 20.3. The first-order valence-corrected chi connectivity index (χ1v) is 12.5. The highest BCUT2D eigenvalue weighted by molar-refractivity contribution is 5.99. The standard InChI is InChI=1S/C32H26N4O/c37-32(36-20-19-33-22-31(36)25-12-5-2-6-13-25)26-16-18-30-28(21-26)29(34-35-30)17-15-24-11-7-8-14-27(24)23-9-3-1-4-10-23/h1-14,16,18,21,31,33H,19-20,22H2,(H,34,35). The third kappa shape index (κ3) is 4.63. The van der Waals surface area contributed by atoms with E-state index in [9.17, 15) is 4.79 Å². The van der Waals surface area contributed by atoms with E-state index in [1.165, 1.54) is 0 Å². The van der Waals surface area contributed by atoms with Crippen LogP contribution in [0.2, 0.25) is 0 Å². The second-order valence-corrected chi connectivity index (χ2v) is 9.12. The predicted molar refractivity (Wildman–Crippen MR) is 147 cm³/mol. The van der Waals surface area contributed by atoms with Crippen LogP contribution in [0.4, 0.5) is 0 Å². The average Bonchev–Trinajstić information content (AvgIpc) is 3.39. The number of rotatable bonds is 3. The molecule has 5 aromatic rings. The minimum absolute atomic E-state index is 0.00348. The van der Waals surface area contributed by atoms with E-state index in [0.717, 1.165) is 46.2 Å². The molecule has 4 aromatic carbocycles. The molecule has 1 saturated heterocycles. The monoisotopic (exact) mass is 482 g/mol. The molecule has 1 atom stereocenters. The van der Waals surface area contributed by atoms with Gasteiger partial charge in [0.2, 0.25) is 0 Å². The highest BCUT2D eigenvalue weighted by atomic mass is 16.2. The van der Waals surface area contributed by atoms with Crippen molar-refractivity contribution < 1.29 is 4.79 Å². The first-order chi connectivity index (χ1) is 18.3. The number of piperazine rings is 1. The summed E-state index contributed by atoms with van der Waals surface area (Å²) >= 11 is 0. The number of carbonyl (C=O) groups excluding carboxylic acids is 1. The van der Waals surface area contributed by atoms with Gasteiger partial charge in [0.1, 0.15) is 5.69 Å². The van der Waals surface area contributed by atoms with E-state index >= 15 is 0 Å². The molecule has 1 unspecified atom stereocenters. The molecule has 0 radical (unpaired) electrons. The number of aromatic amines is 1. The summed E-state index contributed by atoms with van der Waals surface area (Å²) in [6.07, 6.45) is 0. The molecular formula is C32H26N4O. The summed E-state index contributed by atoms with van der Waals surface area (Å²) in [5.41, 5.74) is 6.40. The van der Waals surface area contributed by atoms with Gasteiger partial charge in [-0.2, -0.15) is 5.10 Å². The van der Waals surface area contributed by atoms with Gasteiger partial charge in [-0.05, 0) is 46.9 Å². The summed E-state index contributed by atoms with van der Waals surface area (Å²) < 4.78 is 0. The van der Waals surface area contributed by atoms with Crippen LogP contribution in [0, 0.1) is 11.8 Å². The Morgan fingerprint density at radius 3 is 2.46 bits per heavy atom. The number of carbonyl (C=O) groups is 1. The summed E-state index contributed by atoms with van der Waals surface area (Å²) in [7, 11) is 0. The van der Waals surface area contributed by atoms with E-state index in [1.807, 2.05) is 77.7 Å². The minimum atomic E-state index is -0.00348. The van der Waals surface area contributed by atoms with E-state index in [0.29, 0.717) is 17.8 Å². The van der Waals surface area contributed by atoms with Crippen molar-refractivity contribution >= 4 is 16.8 Å². The fourth-order valence-corrected chi connectivity index (χ4v) is 4.92. The van der Waals surface area contributed by atoms with Gasteiger partial charge in [-0.3, -0.25) is 9.89 Å². The van der Waals surface area contributed by atoms with Crippen molar-refractivity contribution in [3.05, 3.63) is 126 Å². The Balaban J connectivity index is 1.33. The molecule has 1 aromatic heterocycles. The molecule has 0 spiro atoms. The van der Waals surface area contributed by atoms with Crippen molar-refractivity contribution in [2.24, 2.45) is 0 Å². The maximum atomic E-state index is 13.7. The lowest BCUT2D eigenvalue weighted by Gasteiger charge is -2.36. The Morgan fingerprint density at radius 1 is 0.865 bits per heavy atom. The molecule has 2 heterocycles. The third-order valence-electron chi connectivity index (χ3n) is 6.83. The van der Waals surface area contributed by atoms with Crippen molar-refractivity contribution in [2.45, 2.75) is 6.04 Å².